The molecule has 29 heavy (non-hydrogen) atoms. The summed E-state index contributed by atoms with van der Waals surface area (Å²) in [4.78, 5) is 25.3. The third-order valence-corrected chi connectivity index (χ3v) is 6.73. The van der Waals surface area contributed by atoms with Crippen LogP contribution in [0, 0.1) is 6.92 Å². The van der Waals surface area contributed by atoms with Crippen LogP contribution in [0.5, 0.6) is 5.75 Å². The summed E-state index contributed by atoms with van der Waals surface area (Å²) in [6.07, 6.45) is 0. The van der Waals surface area contributed by atoms with Crippen LogP contribution in [0.15, 0.2) is 47.4 Å². The first-order valence-corrected chi connectivity index (χ1v) is 10.4. The number of ether oxygens (including phenoxy) is 1. The summed E-state index contributed by atoms with van der Waals surface area (Å²) in [7, 11) is -2.36. The second-order valence-corrected chi connectivity index (χ2v) is 8.63. The molecule has 1 saturated heterocycles. The van der Waals surface area contributed by atoms with E-state index in [1.807, 2.05) is 0 Å². The normalized spacial score (nSPS) is 15.2. The molecule has 154 valence electrons. The molecule has 0 atom stereocenters. The van der Waals surface area contributed by atoms with Gasteiger partial charge in [-0.3, -0.25) is 4.79 Å². The van der Waals surface area contributed by atoms with Gasteiger partial charge in [0.1, 0.15) is 10.6 Å². The fourth-order valence-corrected chi connectivity index (χ4v) is 4.88. The Kier molecular flexibility index (Phi) is 5.90. The topological polar surface area (TPSA) is 107 Å². The number of carbonyl (C=O) groups excluding carboxylic acids is 2. The number of aromatic carboxylic acids is 1. The van der Waals surface area contributed by atoms with Crippen molar-refractivity contribution in [1.29, 1.82) is 0 Å². The van der Waals surface area contributed by atoms with E-state index in [2.05, 4.69) is 0 Å². The number of benzene rings is 2. The molecule has 0 bridgehead atoms. The van der Waals surface area contributed by atoms with Gasteiger partial charge in [-0.05, 0) is 42.3 Å². The molecule has 0 radical (unpaired) electrons. The standard InChI is InChI=1S/C20H22N2O6S/c1-14-6-7-17(28-2)18(12-14)29(26,27)22-10-8-21(9-11-22)19(23)15-4-3-5-16(13-15)20(24)25/h3-7,12-13H,8-11H2,1-2H3,(H,24,25)/p-1. The molecule has 0 aliphatic carbocycles. The number of hydrogen-bond acceptors (Lipinski definition) is 6. The number of rotatable bonds is 5. The highest BCUT2D eigenvalue weighted by Gasteiger charge is 2.32. The van der Waals surface area contributed by atoms with E-state index in [1.165, 1.54) is 40.6 Å². The Balaban J connectivity index is 1.75. The Morgan fingerprint density at radius 2 is 1.66 bits per heavy atom. The van der Waals surface area contributed by atoms with Gasteiger partial charge in [-0.25, -0.2) is 8.42 Å². The molecule has 2 aromatic carbocycles. The molecule has 0 aromatic heterocycles. The van der Waals surface area contributed by atoms with E-state index in [1.54, 1.807) is 25.1 Å². The number of nitrogens with zero attached hydrogens (tertiary/aromatic N) is 2. The Morgan fingerprint density at radius 3 is 2.28 bits per heavy atom. The zero-order chi connectivity index (χ0) is 21.2. The van der Waals surface area contributed by atoms with Crippen molar-refractivity contribution in [1.82, 2.24) is 9.21 Å². The molecule has 0 N–H and O–H groups in total. The highest BCUT2D eigenvalue weighted by Crippen LogP contribution is 2.28. The average Bonchev–Trinajstić information content (AvgIpc) is 2.73. The quantitative estimate of drug-likeness (QED) is 0.702. The zero-order valence-corrected chi connectivity index (χ0v) is 16.9. The number of amides is 1. The molecule has 3 rings (SSSR count). The SMILES string of the molecule is COc1ccc(C)cc1S(=O)(=O)N1CCN(C(=O)c2cccc(C(=O)[O-])c2)CC1. The van der Waals surface area contributed by atoms with Gasteiger partial charge in [0.25, 0.3) is 5.91 Å². The van der Waals surface area contributed by atoms with Gasteiger partial charge in [-0.2, -0.15) is 4.31 Å². The van der Waals surface area contributed by atoms with Crippen molar-refractivity contribution in [3.8, 4) is 5.75 Å². The van der Waals surface area contributed by atoms with E-state index < -0.39 is 16.0 Å². The number of aryl methyl sites for hydroxylation is 1. The summed E-state index contributed by atoms with van der Waals surface area (Å²) >= 11 is 0. The minimum atomic E-state index is -3.77. The second-order valence-electron chi connectivity index (χ2n) is 6.72. The Hall–Kier alpha value is -2.91. The third-order valence-electron chi connectivity index (χ3n) is 4.81. The van der Waals surface area contributed by atoms with Crippen molar-refractivity contribution >= 4 is 21.9 Å². The number of piperazine rings is 1. The number of methoxy groups -OCH3 is 1. The van der Waals surface area contributed by atoms with E-state index in [0.717, 1.165) is 5.56 Å². The first kappa shape index (κ1) is 20.8. The van der Waals surface area contributed by atoms with Crippen molar-refractivity contribution in [2.75, 3.05) is 33.3 Å². The molecule has 8 nitrogen and oxygen atoms in total. The van der Waals surface area contributed by atoms with Gasteiger partial charge >= 0.3 is 0 Å². The molecule has 1 aliphatic rings. The molecule has 2 aromatic rings. The van der Waals surface area contributed by atoms with Crippen molar-refractivity contribution in [3.63, 3.8) is 0 Å². The maximum Gasteiger partial charge on any atom is 0.253 e. The van der Waals surface area contributed by atoms with E-state index >= 15 is 0 Å². The Labute approximate surface area is 169 Å². The molecule has 1 amide bonds. The maximum absolute atomic E-state index is 13.1. The lowest BCUT2D eigenvalue weighted by atomic mass is 10.1. The van der Waals surface area contributed by atoms with Crippen molar-refractivity contribution < 1.29 is 27.9 Å². The van der Waals surface area contributed by atoms with Crippen LogP contribution < -0.4 is 9.84 Å². The Morgan fingerprint density at radius 1 is 1.00 bits per heavy atom. The third kappa shape index (κ3) is 4.25. The van der Waals surface area contributed by atoms with Crippen molar-refractivity contribution in [2.24, 2.45) is 0 Å². The zero-order valence-electron chi connectivity index (χ0n) is 16.1. The van der Waals surface area contributed by atoms with Crippen LogP contribution in [-0.4, -0.2) is 62.8 Å². The molecule has 1 aliphatic heterocycles. The minimum absolute atomic E-state index is 0.0800. The van der Waals surface area contributed by atoms with Gasteiger partial charge in [0, 0.05) is 31.7 Å². The lowest BCUT2D eigenvalue weighted by Gasteiger charge is -2.34. The van der Waals surface area contributed by atoms with Gasteiger partial charge in [0.15, 0.2) is 0 Å². The monoisotopic (exact) mass is 417 g/mol. The highest BCUT2D eigenvalue weighted by atomic mass is 32.2. The van der Waals surface area contributed by atoms with E-state index in [9.17, 15) is 23.1 Å². The van der Waals surface area contributed by atoms with E-state index in [4.69, 9.17) is 4.74 Å². The summed E-state index contributed by atoms with van der Waals surface area (Å²) in [5.41, 5.74) is 0.943. The molecule has 1 heterocycles. The molecular formula is C20H21N2O6S-. The van der Waals surface area contributed by atoms with Crippen molar-refractivity contribution in [3.05, 3.63) is 59.2 Å². The van der Waals surface area contributed by atoms with Crippen LogP contribution in [0.3, 0.4) is 0 Å². The van der Waals surface area contributed by atoms with Crippen LogP contribution in [0.1, 0.15) is 26.3 Å². The van der Waals surface area contributed by atoms with E-state index in [0.29, 0.717) is 0 Å². The van der Waals surface area contributed by atoms with Crippen LogP contribution in [0.4, 0.5) is 0 Å². The van der Waals surface area contributed by atoms with Gasteiger partial charge in [-0.15, -0.1) is 0 Å². The lowest BCUT2D eigenvalue weighted by molar-refractivity contribution is -0.255. The summed E-state index contributed by atoms with van der Waals surface area (Å²) in [5.74, 6) is -1.44. The van der Waals surface area contributed by atoms with Crippen LogP contribution >= 0.6 is 0 Å². The molecule has 1 fully saturated rings. The Bertz CT molecular complexity index is 1040. The number of sulfonamides is 1. The fraction of sp³-hybridized carbons (Fsp3) is 0.300. The molecule has 0 unspecified atom stereocenters. The molecule has 0 saturated carbocycles. The first-order chi connectivity index (χ1) is 13.7. The smallest absolute Gasteiger partial charge is 0.253 e. The van der Waals surface area contributed by atoms with Crippen LogP contribution in [0.2, 0.25) is 0 Å². The molecule has 9 heteroatoms. The highest BCUT2D eigenvalue weighted by molar-refractivity contribution is 7.89. The predicted molar refractivity (Wildman–Crippen MR) is 103 cm³/mol. The molecular weight excluding hydrogens is 396 g/mol. The second kappa shape index (κ2) is 8.22. The minimum Gasteiger partial charge on any atom is -0.545 e. The summed E-state index contributed by atoms with van der Waals surface area (Å²) in [5, 5.41) is 11.0. The number of carboxylic acid groups (broad SMARTS) is 1. The lowest BCUT2D eigenvalue weighted by Crippen LogP contribution is -2.50. The number of hydrogen-bond donors (Lipinski definition) is 0. The first-order valence-electron chi connectivity index (χ1n) is 8.99. The predicted octanol–water partition coefficient (Wildman–Crippen LogP) is 0.514. The van der Waals surface area contributed by atoms with E-state index in [-0.39, 0.29) is 53.9 Å². The van der Waals surface area contributed by atoms with Gasteiger partial charge in [0.05, 0.1) is 13.1 Å². The maximum atomic E-state index is 13.1. The average molecular weight is 417 g/mol. The summed E-state index contributed by atoms with van der Waals surface area (Å²) in [6, 6.07) is 10.6. The van der Waals surface area contributed by atoms with Crippen molar-refractivity contribution in [2.45, 2.75) is 11.8 Å². The van der Waals surface area contributed by atoms with Gasteiger partial charge in [0.2, 0.25) is 10.0 Å². The summed E-state index contributed by atoms with van der Waals surface area (Å²) in [6.45, 7) is 2.45. The van der Waals surface area contributed by atoms with Gasteiger partial charge in [-0.1, -0.05) is 18.2 Å². The molecule has 0 spiro atoms. The van der Waals surface area contributed by atoms with Crippen LogP contribution in [0.25, 0.3) is 0 Å². The fourth-order valence-electron chi connectivity index (χ4n) is 3.22. The van der Waals surface area contributed by atoms with Gasteiger partial charge < -0.3 is 19.5 Å². The van der Waals surface area contributed by atoms with Crippen LogP contribution in [-0.2, 0) is 10.0 Å². The summed E-state index contributed by atoms with van der Waals surface area (Å²) < 4.78 is 32.6. The number of carboxylic acids is 1. The number of carbonyl (C=O) groups is 2. The largest absolute Gasteiger partial charge is 0.545 e.